The fraction of sp³-hybridized carbons (Fsp3) is 0.400. The van der Waals surface area contributed by atoms with Crippen molar-refractivity contribution in [3.63, 3.8) is 0 Å². The van der Waals surface area contributed by atoms with Crippen LogP contribution in [0, 0.1) is 0 Å². The van der Waals surface area contributed by atoms with Crippen LogP contribution in [-0.2, 0) is 26.7 Å². The summed E-state index contributed by atoms with van der Waals surface area (Å²) < 4.78 is 3.07. The van der Waals surface area contributed by atoms with Gasteiger partial charge in [-0.2, -0.15) is 5.10 Å². The van der Waals surface area contributed by atoms with Crippen molar-refractivity contribution in [3.05, 3.63) is 45.9 Å². The molecule has 25 heavy (non-hydrogen) atoms. The predicted octanol–water partition coefficient (Wildman–Crippen LogP) is -0.809. The van der Waals surface area contributed by atoms with Gasteiger partial charge in [-0.3, -0.25) is 18.8 Å². The van der Waals surface area contributed by atoms with Crippen LogP contribution in [0.1, 0.15) is 28.3 Å². The lowest BCUT2D eigenvalue weighted by Gasteiger charge is -2.17. The molecule has 0 saturated heterocycles. The van der Waals surface area contributed by atoms with E-state index in [0.717, 1.165) is 0 Å². The van der Waals surface area contributed by atoms with Crippen molar-refractivity contribution in [2.24, 2.45) is 12.8 Å². The standard InChI is InChI=1S/C15H19N7O3/c1-20-8-10(6-18-20)14(24)17-7-11-5-13(23)22-4-2-3-21(15(16)25)9-12(22)19-11/h5-6,8H,2-4,7,9H2,1H3,(H2,16,25)(H,17,24). The van der Waals surface area contributed by atoms with Gasteiger partial charge >= 0.3 is 6.03 Å². The average Bonchev–Trinajstić information content (AvgIpc) is 2.87. The van der Waals surface area contributed by atoms with Gasteiger partial charge in [0.25, 0.3) is 11.5 Å². The van der Waals surface area contributed by atoms with Gasteiger partial charge in [-0.05, 0) is 6.42 Å². The SMILES string of the molecule is Cn1cc(C(=O)NCc2cc(=O)n3c(n2)CN(C(N)=O)CCC3)cn1. The first kappa shape index (κ1) is 16.7. The molecule has 3 N–H and O–H groups in total. The molecule has 0 saturated carbocycles. The van der Waals surface area contributed by atoms with Gasteiger partial charge in [0.1, 0.15) is 5.82 Å². The summed E-state index contributed by atoms with van der Waals surface area (Å²) in [4.78, 5) is 41.6. The molecule has 3 heterocycles. The van der Waals surface area contributed by atoms with Gasteiger partial charge in [-0.25, -0.2) is 9.78 Å². The molecule has 10 nitrogen and oxygen atoms in total. The van der Waals surface area contributed by atoms with E-state index in [0.29, 0.717) is 36.6 Å². The normalized spacial score (nSPS) is 13.9. The highest BCUT2D eigenvalue weighted by atomic mass is 16.2. The Hall–Kier alpha value is -3.17. The molecule has 0 aromatic carbocycles. The molecule has 1 aliphatic heterocycles. The van der Waals surface area contributed by atoms with Crippen LogP contribution in [-0.4, -0.2) is 42.7 Å². The number of primary amides is 1. The zero-order chi connectivity index (χ0) is 18.0. The van der Waals surface area contributed by atoms with E-state index in [-0.39, 0.29) is 24.6 Å². The number of amides is 3. The Bertz CT molecular complexity index is 870. The third-order valence-electron chi connectivity index (χ3n) is 3.99. The minimum Gasteiger partial charge on any atom is -0.351 e. The fourth-order valence-corrected chi connectivity index (χ4v) is 2.73. The molecular formula is C15H19N7O3. The Balaban J connectivity index is 1.77. The summed E-state index contributed by atoms with van der Waals surface area (Å²) in [5.74, 6) is 0.165. The lowest BCUT2D eigenvalue weighted by Crippen LogP contribution is -2.36. The maximum atomic E-state index is 12.3. The summed E-state index contributed by atoms with van der Waals surface area (Å²) in [5.41, 5.74) is 5.99. The monoisotopic (exact) mass is 345 g/mol. The summed E-state index contributed by atoms with van der Waals surface area (Å²) in [6.07, 6.45) is 3.69. The molecule has 0 atom stereocenters. The second kappa shape index (κ2) is 6.75. The first-order valence-electron chi connectivity index (χ1n) is 7.85. The zero-order valence-electron chi connectivity index (χ0n) is 13.8. The largest absolute Gasteiger partial charge is 0.351 e. The molecule has 2 aromatic heterocycles. The first-order chi connectivity index (χ1) is 11.9. The van der Waals surface area contributed by atoms with Crippen molar-refractivity contribution >= 4 is 11.9 Å². The Morgan fingerprint density at radius 1 is 1.36 bits per heavy atom. The Morgan fingerprint density at radius 2 is 2.16 bits per heavy atom. The molecule has 3 rings (SSSR count). The third-order valence-corrected chi connectivity index (χ3v) is 3.99. The van der Waals surface area contributed by atoms with Gasteiger partial charge in [-0.1, -0.05) is 0 Å². The van der Waals surface area contributed by atoms with E-state index in [2.05, 4.69) is 15.4 Å². The van der Waals surface area contributed by atoms with Gasteiger partial charge in [0.15, 0.2) is 0 Å². The summed E-state index contributed by atoms with van der Waals surface area (Å²) in [6, 6.07) is 0.852. The van der Waals surface area contributed by atoms with Crippen LogP contribution < -0.4 is 16.6 Å². The van der Waals surface area contributed by atoms with Crippen molar-refractivity contribution in [1.82, 2.24) is 29.5 Å². The molecule has 10 heteroatoms. The van der Waals surface area contributed by atoms with E-state index in [4.69, 9.17) is 5.73 Å². The average molecular weight is 345 g/mol. The molecule has 0 fully saturated rings. The van der Waals surface area contributed by atoms with E-state index in [1.54, 1.807) is 13.2 Å². The van der Waals surface area contributed by atoms with Crippen LogP contribution in [0.5, 0.6) is 0 Å². The smallest absolute Gasteiger partial charge is 0.315 e. The maximum Gasteiger partial charge on any atom is 0.315 e. The molecule has 0 unspecified atom stereocenters. The Labute approximate surface area is 143 Å². The number of aryl methyl sites for hydroxylation is 1. The van der Waals surface area contributed by atoms with Gasteiger partial charge in [0.2, 0.25) is 0 Å². The molecule has 0 aliphatic carbocycles. The van der Waals surface area contributed by atoms with E-state index in [1.807, 2.05) is 0 Å². The van der Waals surface area contributed by atoms with Crippen molar-refractivity contribution in [2.45, 2.75) is 26.1 Å². The van der Waals surface area contributed by atoms with E-state index < -0.39 is 6.03 Å². The number of nitrogens with two attached hydrogens (primary N) is 1. The molecule has 2 aromatic rings. The van der Waals surface area contributed by atoms with Crippen molar-refractivity contribution in [3.8, 4) is 0 Å². The summed E-state index contributed by atoms with van der Waals surface area (Å²) >= 11 is 0. The second-order valence-corrected chi connectivity index (χ2v) is 5.85. The lowest BCUT2D eigenvalue weighted by atomic mass is 10.3. The van der Waals surface area contributed by atoms with E-state index in [9.17, 15) is 14.4 Å². The number of urea groups is 1. The van der Waals surface area contributed by atoms with Crippen LogP contribution in [0.4, 0.5) is 4.79 Å². The van der Waals surface area contributed by atoms with E-state index in [1.165, 1.54) is 26.4 Å². The minimum atomic E-state index is -0.544. The predicted molar refractivity (Wildman–Crippen MR) is 87.5 cm³/mol. The fourth-order valence-electron chi connectivity index (χ4n) is 2.73. The second-order valence-electron chi connectivity index (χ2n) is 5.85. The number of carbonyl (C=O) groups is 2. The van der Waals surface area contributed by atoms with Gasteiger partial charge in [-0.15, -0.1) is 0 Å². The quantitative estimate of drug-likeness (QED) is 0.752. The molecule has 132 valence electrons. The lowest BCUT2D eigenvalue weighted by molar-refractivity contribution is 0.0950. The number of rotatable bonds is 3. The Kier molecular flexibility index (Phi) is 4.50. The van der Waals surface area contributed by atoms with Crippen LogP contribution in [0.2, 0.25) is 0 Å². The highest BCUT2D eigenvalue weighted by Crippen LogP contribution is 2.09. The van der Waals surface area contributed by atoms with Crippen molar-refractivity contribution < 1.29 is 9.59 Å². The van der Waals surface area contributed by atoms with Crippen LogP contribution in [0.25, 0.3) is 0 Å². The van der Waals surface area contributed by atoms with Gasteiger partial charge in [0.05, 0.1) is 30.5 Å². The number of carbonyl (C=O) groups excluding carboxylic acids is 2. The topological polar surface area (TPSA) is 128 Å². The molecule has 0 radical (unpaired) electrons. The molecule has 1 aliphatic rings. The van der Waals surface area contributed by atoms with Crippen LogP contribution in [0.15, 0.2) is 23.3 Å². The van der Waals surface area contributed by atoms with Gasteiger partial charge < -0.3 is 16.0 Å². The highest BCUT2D eigenvalue weighted by molar-refractivity contribution is 5.93. The number of hydrogen-bond acceptors (Lipinski definition) is 5. The number of nitrogens with one attached hydrogen (secondary N) is 1. The number of aromatic nitrogens is 4. The minimum absolute atomic E-state index is 0.105. The summed E-state index contributed by atoms with van der Waals surface area (Å²) in [6.45, 7) is 1.24. The Morgan fingerprint density at radius 3 is 2.84 bits per heavy atom. The highest BCUT2D eigenvalue weighted by Gasteiger charge is 2.19. The van der Waals surface area contributed by atoms with Crippen LogP contribution in [0.3, 0.4) is 0 Å². The number of fused-ring (bicyclic) bond motifs is 1. The number of nitrogens with zero attached hydrogens (tertiary/aromatic N) is 5. The molecule has 3 amide bonds. The first-order valence-corrected chi connectivity index (χ1v) is 7.85. The van der Waals surface area contributed by atoms with E-state index >= 15 is 0 Å². The number of hydrogen-bond donors (Lipinski definition) is 2. The maximum absolute atomic E-state index is 12.3. The zero-order valence-corrected chi connectivity index (χ0v) is 13.8. The van der Waals surface area contributed by atoms with Crippen LogP contribution >= 0.6 is 0 Å². The summed E-state index contributed by atoms with van der Waals surface area (Å²) in [5, 5.41) is 6.64. The van der Waals surface area contributed by atoms with Gasteiger partial charge in [0, 0.05) is 32.4 Å². The van der Waals surface area contributed by atoms with Crippen molar-refractivity contribution in [2.75, 3.05) is 6.54 Å². The third kappa shape index (κ3) is 3.67. The van der Waals surface area contributed by atoms with Crippen molar-refractivity contribution in [1.29, 1.82) is 0 Å². The molecule has 0 bridgehead atoms. The summed E-state index contributed by atoms with van der Waals surface area (Å²) in [7, 11) is 1.72. The molecular weight excluding hydrogens is 326 g/mol. The molecule has 0 spiro atoms.